The van der Waals surface area contributed by atoms with E-state index in [4.69, 9.17) is 4.74 Å². The Bertz CT molecular complexity index is 837. The number of alkyl halides is 3. The van der Waals surface area contributed by atoms with Crippen LogP contribution in [0.4, 0.5) is 13.2 Å². The highest BCUT2D eigenvalue weighted by molar-refractivity contribution is 7.95. The normalized spacial score (nSPS) is 13.4. The van der Waals surface area contributed by atoms with Gasteiger partial charge in [0.15, 0.2) is 0 Å². The molecule has 2 rings (SSSR count). The third-order valence-electron chi connectivity index (χ3n) is 3.47. The molecule has 7 heteroatoms. The molecule has 0 radical (unpaired) electrons. The SMILES string of the molecule is COc1ccc(/C(=C(/C)S(=O)(=O)c2ccccc2)C(F)(F)F)cc1. The number of hydrogen-bond donors (Lipinski definition) is 0. The first-order chi connectivity index (χ1) is 11.2. The van der Waals surface area contributed by atoms with Gasteiger partial charge in [0.1, 0.15) is 5.75 Å². The third-order valence-corrected chi connectivity index (χ3v) is 5.37. The Morgan fingerprint density at radius 3 is 1.96 bits per heavy atom. The number of hydrogen-bond acceptors (Lipinski definition) is 3. The highest BCUT2D eigenvalue weighted by atomic mass is 32.2. The van der Waals surface area contributed by atoms with E-state index in [1.54, 1.807) is 6.07 Å². The molecule has 0 N–H and O–H groups in total. The fraction of sp³-hybridized carbons (Fsp3) is 0.176. The van der Waals surface area contributed by atoms with Crippen molar-refractivity contribution in [2.45, 2.75) is 18.0 Å². The molecule has 0 fully saturated rings. The molecule has 24 heavy (non-hydrogen) atoms. The van der Waals surface area contributed by atoms with Crippen LogP contribution >= 0.6 is 0 Å². The molecule has 0 heterocycles. The van der Waals surface area contributed by atoms with Gasteiger partial charge in [-0.25, -0.2) is 8.42 Å². The van der Waals surface area contributed by atoms with Crippen molar-refractivity contribution in [1.82, 2.24) is 0 Å². The van der Waals surface area contributed by atoms with E-state index in [1.165, 1.54) is 55.6 Å². The number of benzene rings is 2. The molecule has 3 nitrogen and oxygen atoms in total. The summed E-state index contributed by atoms with van der Waals surface area (Å²) < 4.78 is 70.6. The first kappa shape index (κ1) is 18.1. The van der Waals surface area contributed by atoms with Gasteiger partial charge in [0, 0.05) is 0 Å². The van der Waals surface area contributed by atoms with Crippen LogP contribution in [-0.2, 0) is 9.84 Å². The molecule has 0 aliphatic carbocycles. The summed E-state index contributed by atoms with van der Waals surface area (Å²) in [6.45, 7) is 0.968. The molecular weight excluding hydrogens is 341 g/mol. The van der Waals surface area contributed by atoms with Crippen LogP contribution in [0.15, 0.2) is 64.4 Å². The summed E-state index contributed by atoms with van der Waals surface area (Å²) in [5.41, 5.74) is -1.42. The van der Waals surface area contributed by atoms with Crippen molar-refractivity contribution < 1.29 is 26.3 Å². The van der Waals surface area contributed by atoms with Crippen LogP contribution in [0.25, 0.3) is 5.57 Å². The maximum atomic E-state index is 13.5. The summed E-state index contributed by atoms with van der Waals surface area (Å²) in [7, 11) is -2.87. The fourth-order valence-electron chi connectivity index (χ4n) is 2.24. The van der Waals surface area contributed by atoms with E-state index in [9.17, 15) is 21.6 Å². The van der Waals surface area contributed by atoms with E-state index in [-0.39, 0.29) is 10.5 Å². The first-order valence-electron chi connectivity index (χ1n) is 6.90. The van der Waals surface area contributed by atoms with E-state index < -0.39 is 26.5 Å². The minimum Gasteiger partial charge on any atom is -0.497 e. The zero-order valence-corrected chi connectivity index (χ0v) is 13.8. The maximum Gasteiger partial charge on any atom is 0.417 e. The van der Waals surface area contributed by atoms with Crippen molar-refractivity contribution in [1.29, 1.82) is 0 Å². The summed E-state index contributed by atoms with van der Waals surface area (Å²) in [4.78, 5) is -0.927. The fourth-order valence-corrected chi connectivity index (χ4v) is 3.61. The lowest BCUT2D eigenvalue weighted by atomic mass is 10.1. The van der Waals surface area contributed by atoms with E-state index in [0.29, 0.717) is 5.75 Å². The van der Waals surface area contributed by atoms with E-state index in [2.05, 4.69) is 0 Å². The lowest BCUT2D eigenvalue weighted by Crippen LogP contribution is -2.16. The number of allylic oxidation sites excluding steroid dienone is 2. The topological polar surface area (TPSA) is 43.4 Å². The number of ether oxygens (including phenoxy) is 1. The van der Waals surface area contributed by atoms with Crippen molar-refractivity contribution in [2.75, 3.05) is 7.11 Å². The van der Waals surface area contributed by atoms with Crippen molar-refractivity contribution in [3.63, 3.8) is 0 Å². The summed E-state index contributed by atoms with van der Waals surface area (Å²) in [5, 5.41) is 0. The van der Waals surface area contributed by atoms with E-state index in [1.807, 2.05) is 0 Å². The average molecular weight is 356 g/mol. The summed E-state index contributed by atoms with van der Waals surface area (Å²) in [6.07, 6.45) is -4.82. The summed E-state index contributed by atoms with van der Waals surface area (Å²) in [6, 6.07) is 12.1. The second-order valence-corrected chi connectivity index (χ2v) is 7.06. The maximum absolute atomic E-state index is 13.5. The highest BCUT2D eigenvalue weighted by Crippen LogP contribution is 2.39. The molecule has 0 aromatic heterocycles. The molecule has 0 bridgehead atoms. The van der Waals surface area contributed by atoms with Crippen LogP contribution in [0.5, 0.6) is 5.75 Å². The molecule has 0 unspecified atom stereocenters. The Balaban J connectivity index is 2.68. The Morgan fingerprint density at radius 2 is 1.50 bits per heavy atom. The average Bonchev–Trinajstić information content (AvgIpc) is 2.55. The molecule has 2 aromatic carbocycles. The standard InChI is InChI=1S/C17H15F3O3S/c1-12(24(21,22)15-6-4-3-5-7-15)16(17(18,19)20)13-8-10-14(23-2)11-9-13/h3-11H,1-2H3/b16-12+. The zero-order chi connectivity index (χ0) is 18.0. The van der Waals surface area contributed by atoms with Gasteiger partial charge in [-0.1, -0.05) is 30.3 Å². The van der Waals surface area contributed by atoms with Gasteiger partial charge >= 0.3 is 6.18 Å². The second kappa shape index (κ2) is 6.68. The molecule has 0 spiro atoms. The van der Waals surface area contributed by atoms with E-state index in [0.717, 1.165) is 6.92 Å². The van der Waals surface area contributed by atoms with Crippen molar-refractivity contribution in [3.05, 3.63) is 65.1 Å². The van der Waals surface area contributed by atoms with Crippen LogP contribution in [0.2, 0.25) is 0 Å². The van der Waals surface area contributed by atoms with Gasteiger partial charge in [0.05, 0.1) is 22.5 Å². The Labute approximate surface area is 138 Å². The van der Waals surface area contributed by atoms with Crippen LogP contribution in [-0.4, -0.2) is 21.7 Å². The lowest BCUT2D eigenvalue weighted by molar-refractivity contribution is -0.0691. The monoisotopic (exact) mass is 356 g/mol. The second-order valence-electron chi connectivity index (χ2n) is 4.97. The molecule has 2 aromatic rings. The van der Waals surface area contributed by atoms with Gasteiger partial charge in [-0.2, -0.15) is 13.2 Å². The van der Waals surface area contributed by atoms with Crippen molar-refractivity contribution in [2.24, 2.45) is 0 Å². The van der Waals surface area contributed by atoms with Crippen LogP contribution < -0.4 is 4.74 Å². The van der Waals surface area contributed by atoms with Crippen molar-refractivity contribution in [3.8, 4) is 5.75 Å². The van der Waals surface area contributed by atoms with Crippen LogP contribution in [0.3, 0.4) is 0 Å². The summed E-state index contributed by atoms with van der Waals surface area (Å²) in [5.74, 6) is 0.379. The van der Waals surface area contributed by atoms with Gasteiger partial charge < -0.3 is 4.74 Å². The molecular formula is C17H15F3O3S. The summed E-state index contributed by atoms with van der Waals surface area (Å²) >= 11 is 0. The molecule has 0 aliphatic heterocycles. The van der Waals surface area contributed by atoms with Crippen LogP contribution in [0, 0.1) is 0 Å². The Kier molecular flexibility index (Phi) is 5.03. The first-order valence-corrected chi connectivity index (χ1v) is 8.39. The van der Waals surface area contributed by atoms with Crippen LogP contribution in [0.1, 0.15) is 12.5 Å². The van der Waals surface area contributed by atoms with E-state index >= 15 is 0 Å². The van der Waals surface area contributed by atoms with Gasteiger partial charge in [-0.3, -0.25) is 0 Å². The van der Waals surface area contributed by atoms with Crippen molar-refractivity contribution >= 4 is 15.4 Å². The number of methoxy groups -OCH3 is 1. The lowest BCUT2D eigenvalue weighted by Gasteiger charge is -2.16. The van der Waals surface area contributed by atoms with Gasteiger partial charge in [0.25, 0.3) is 0 Å². The third kappa shape index (κ3) is 3.62. The molecule has 0 aliphatic rings. The predicted molar refractivity (Wildman–Crippen MR) is 85.3 cm³/mol. The smallest absolute Gasteiger partial charge is 0.417 e. The van der Waals surface area contributed by atoms with Gasteiger partial charge in [-0.05, 0) is 36.8 Å². The van der Waals surface area contributed by atoms with Gasteiger partial charge in [-0.15, -0.1) is 0 Å². The molecule has 0 atom stereocenters. The molecule has 128 valence electrons. The number of sulfone groups is 1. The molecule has 0 saturated heterocycles. The van der Waals surface area contributed by atoms with Gasteiger partial charge in [0.2, 0.25) is 9.84 Å². The Hall–Kier alpha value is -2.28. The number of rotatable bonds is 4. The minimum atomic E-state index is -4.82. The quantitative estimate of drug-likeness (QED) is 0.812. The Morgan fingerprint density at radius 1 is 0.958 bits per heavy atom. The predicted octanol–water partition coefficient (Wildman–Crippen LogP) is 4.46. The minimum absolute atomic E-state index is 0.183. The molecule has 0 amide bonds. The number of halogens is 3. The highest BCUT2D eigenvalue weighted by Gasteiger charge is 2.39. The zero-order valence-electron chi connectivity index (χ0n) is 13.0. The largest absolute Gasteiger partial charge is 0.497 e. The molecule has 0 saturated carbocycles.